The van der Waals surface area contributed by atoms with Crippen LogP contribution in [0.3, 0.4) is 0 Å². The molecule has 2 aliphatic carbocycles. The van der Waals surface area contributed by atoms with E-state index in [0.29, 0.717) is 0 Å². The lowest BCUT2D eigenvalue weighted by Crippen LogP contribution is -2.18. The van der Waals surface area contributed by atoms with Gasteiger partial charge in [0.2, 0.25) is 0 Å². The zero-order chi connectivity index (χ0) is 13.9. The van der Waals surface area contributed by atoms with E-state index in [4.69, 9.17) is 0 Å². The molecular formula is C20H20. The highest BCUT2D eigenvalue weighted by Gasteiger charge is 2.40. The second-order valence-electron chi connectivity index (χ2n) is 6.48. The lowest BCUT2D eigenvalue weighted by Gasteiger charge is -2.25. The number of fused-ring (bicyclic) bond motifs is 3. The molecule has 20 heavy (non-hydrogen) atoms. The minimum atomic E-state index is 0.0640. The Labute approximate surface area is 121 Å². The highest BCUT2D eigenvalue weighted by Crippen LogP contribution is 2.52. The Morgan fingerprint density at radius 2 is 1.80 bits per heavy atom. The molecule has 0 heteroatoms. The molecule has 0 aliphatic heterocycles. The first kappa shape index (κ1) is 12.0. The Balaban J connectivity index is 2.16. The van der Waals surface area contributed by atoms with Gasteiger partial charge in [0.1, 0.15) is 0 Å². The number of allylic oxidation sites excluding steroid dienone is 2. The molecule has 0 saturated carbocycles. The van der Waals surface area contributed by atoms with E-state index >= 15 is 0 Å². The van der Waals surface area contributed by atoms with Crippen molar-refractivity contribution in [1.82, 2.24) is 0 Å². The highest BCUT2D eigenvalue weighted by atomic mass is 14.4. The van der Waals surface area contributed by atoms with E-state index in [2.05, 4.69) is 63.3 Å². The summed E-state index contributed by atoms with van der Waals surface area (Å²) in [5, 5.41) is 0. The van der Waals surface area contributed by atoms with Crippen LogP contribution in [-0.4, -0.2) is 0 Å². The topological polar surface area (TPSA) is 0 Å². The molecular weight excluding hydrogens is 240 g/mol. The van der Waals surface area contributed by atoms with Gasteiger partial charge in [0, 0.05) is 5.41 Å². The number of hydrogen-bond donors (Lipinski definition) is 0. The summed E-state index contributed by atoms with van der Waals surface area (Å²) in [4.78, 5) is 0. The van der Waals surface area contributed by atoms with Crippen molar-refractivity contribution in [1.29, 1.82) is 0 Å². The number of hydrogen-bond acceptors (Lipinski definition) is 0. The first-order chi connectivity index (χ1) is 9.61. The lowest BCUT2D eigenvalue weighted by atomic mass is 9.77. The third-order valence-electron chi connectivity index (χ3n) is 5.10. The van der Waals surface area contributed by atoms with Gasteiger partial charge in [-0.3, -0.25) is 0 Å². The average molecular weight is 260 g/mol. The van der Waals surface area contributed by atoms with Crippen LogP contribution < -0.4 is 0 Å². The summed E-state index contributed by atoms with van der Waals surface area (Å²) in [6, 6.07) is 11.6. The van der Waals surface area contributed by atoms with Crippen molar-refractivity contribution in [3.05, 3.63) is 70.3 Å². The zero-order valence-corrected chi connectivity index (χ0v) is 12.5. The molecule has 0 radical (unpaired) electrons. The number of rotatable bonds is 0. The molecule has 0 bridgehead atoms. The highest BCUT2D eigenvalue weighted by molar-refractivity contribution is 5.84. The largest absolute Gasteiger partial charge is 0.0870 e. The van der Waals surface area contributed by atoms with Gasteiger partial charge in [-0.1, -0.05) is 48.0 Å². The van der Waals surface area contributed by atoms with E-state index in [9.17, 15) is 0 Å². The minimum absolute atomic E-state index is 0.0640. The maximum atomic E-state index is 2.44. The smallest absolute Gasteiger partial charge is 0.0368 e. The van der Waals surface area contributed by atoms with Crippen molar-refractivity contribution in [3.8, 4) is 11.1 Å². The van der Waals surface area contributed by atoms with Crippen molar-refractivity contribution in [2.45, 2.75) is 39.0 Å². The normalized spacial score (nSPS) is 22.4. The summed E-state index contributed by atoms with van der Waals surface area (Å²) >= 11 is 0. The molecule has 0 fully saturated rings. The Bertz CT molecular complexity index is 749. The third kappa shape index (κ3) is 1.37. The predicted octanol–water partition coefficient (Wildman–Crippen LogP) is 5.09. The summed E-state index contributed by atoms with van der Waals surface area (Å²) in [5.74, 6) is 0. The van der Waals surface area contributed by atoms with Crippen LogP contribution in [0.25, 0.3) is 11.1 Å². The molecule has 0 nitrogen and oxygen atoms in total. The Kier molecular flexibility index (Phi) is 2.30. The van der Waals surface area contributed by atoms with E-state index in [1.54, 1.807) is 11.1 Å². The molecule has 0 N–H and O–H groups in total. The van der Waals surface area contributed by atoms with Crippen molar-refractivity contribution in [3.63, 3.8) is 0 Å². The molecule has 4 rings (SSSR count). The van der Waals surface area contributed by atoms with Crippen LogP contribution in [0.5, 0.6) is 0 Å². The fraction of sp³-hybridized carbons (Fsp3) is 0.300. The van der Waals surface area contributed by atoms with Gasteiger partial charge in [0.25, 0.3) is 0 Å². The zero-order valence-electron chi connectivity index (χ0n) is 12.5. The molecule has 1 unspecified atom stereocenters. The van der Waals surface area contributed by atoms with Crippen molar-refractivity contribution >= 4 is 0 Å². The van der Waals surface area contributed by atoms with Crippen molar-refractivity contribution in [2.75, 3.05) is 0 Å². The van der Waals surface area contributed by atoms with E-state index in [0.717, 1.165) is 6.42 Å². The van der Waals surface area contributed by atoms with E-state index < -0.39 is 0 Å². The molecule has 0 saturated heterocycles. The number of benzene rings is 2. The van der Waals surface area contributed by atoms with E-state index in [1.165, 1.54) is 34.2 Å². The van der Waals surface area contributed by atoms with Gasteiger partial charge >= 0.3 is 0 Å². The molecule has 0 amide bonds. The first-order valence-corrected chi connectivity index (χ1v) is 7.53. The standard InChI is InChI=1S/C20H20/c1-13-7-9-16-17-10-8-14(2)15-6-4-5-11-20(3,19(15)17)18(16)12-13/h5,7-12H,4,6H2,1-3H3. The van der Waals surface area contributed by atoms with Gasteiger partial charge in [-0.2, -0.15) is 0 Å². The van der Waals surface area contributed by atoms with Gasteiger partial charge in [-0.25, -0.2) is 0 Å². The van der Waals surface area contributed by atoms with E-state index in [-0.39, 0.29) is 5.41 Å². The van der Waals surface area contributed by atoms with Crippen LogP contribution in [0.4, 0.5) is 0 Å². The van der Waals surface area contributed by atoms with Gasteiger partial charge in [0.05, 0.1) is 0 Å². The van der Waals surface area contributed by atoms with Gasteiger partial charge in [0.15, 0.2) is 0 Å². The lowest BCUT2D eigenvalue weighted by molar-refractivity contribution is 0.740. The monoisotopic (exact) mass is 260 g/mol. The summed E-state index contributed by atoms with van der Waals surface area (Å²) in [6.45, 7) is 6.84. The SMILES string of the molecule is Cc1ccc2c(c1)C1(C)C=CCCc3c(C)ccc-2c31. The van der Waals surface area contributed by atoms with Crippen molar-refractivity contribution < 1.29 is 0 Å². The van der Waals surface area contributed by atoms with E-state index in [1.807, 2.05) is 0 Å². The van der Waals surface area contributed by atoms with Crippen LogP contribution in [-0.2, 0) is 11.8 Å². The average Bonchev–Trinajstić information content (AvgIpc) is 2.57. The summed E-state index contributed by atoms with van der Waals surface area (Å²) in [7, 11) is 0. The Morgan fingerprint density at radius 1 is 1.00 bits per heavy atom. The summed E-state index contributed by atoms with van der Waals surface area (Å²) in [5.41, 5.74) is 10.4. The minimum Gasteiger partial charge on any atom is -0.0870 e. The van der Waals surface area contributed by atoms with Crippen LogP contribution in [0.15, 0.2) is 42.5 Å². The maximum Gasteiger partial charge on any atom is 0.0368 e. The Hall–Kier alpha value is -1.82. The predicted molar refractivity (Wildman–Crippen MR) is 85.3 cm³/mol. The molecule has 1 atom stereocenters. The third-order valence-corrected chi connectivity index (χ3v) is 5.10. The molecule has 2 aliphatic rings. The number of aryl methyl sites for hydroxylation is 2. The van der Waals surface area contributed by atoms with Crippen molar-refractivity contribution in [2.24, 2.45) is 0 Å². The van der Waals surface area contributed by atoms with Gasteiger partial charge in [-0.05, 0) is 67.0 Å². The van der Waals surface area contributed by atoms with Gasteiger partial charge in [-0.15, -0.1) is 0 Å². The fourth-order valence-corrected chi connectivity index (χ4v) is 4.07. The maximum absolute atomic E-state index is 2.44. The molecule has 0 heterocycles. The Morgan fingerprint density at radius 3 is 2.65 bits per heavy atom. The second kappa shape index (κ2) is 3.85. The van der Waals surface area contributed by atoms with Crippen LogP contribution in [0, 0.1) is 13.8 Å². The molecule has 100 valence electrons. The van der Waals surface area contributed by atoms with Gasteiger partial charge < -0.3 is 0 Å². The van der Waals surface area contributed by atoms with Crippen LogP contribution in [0.1, 0.15) is 41.2 Å². The van der Waals surface area contributed by atoms with Crippen LogP contribution in [0.2, 0.25) is 0 Å². The fourth-order valence-electron chi connectivity index (χ4n) is 4.07. The molecule has 2 aromatic carbocycles. The second-order valence-corrected chi connectivity index (χ2v) is 6.48. The van der Waals surface area contributed by atoms with Crippen LogP contribution >= 0.6 is 0 Å². The molecule has 0 aromatic heterocycles. The first-order valence-electron chi connectivity index (χ1n) is 7.53. The molecule has 2 aromatic rings. The summed E-state index contributed by atoms with van der Waals surface area (Å²) < 4.78 is 0. The molecule has 0 spiro atoms. The summed E-state index contributed by atoms with van der Waals surface area (Å²) in [6.07, 6.45) is 7.15. The quantitative estimate of drug-likeness (QED) is 0.579.